The van der Waals surface area contributed by atoms with Crippen molar-refractivity contribution < 1.29 is 9.47 Å². The fourth-order valence-corrected chi connectivity index (χ4v) is 5.97. The van der Waals surface area contributed by atoms with Gasteiger partial charge in [-0.15, -0.1) is 0 Å². The number of halogens is 4. The van der Waals surface area contributed by atoms with Crippen LogP contribution in [0.5, 0.6) is 11.5 Å². The summed E-state index contributed by atoms with van der Waals surface area (Å²) >= 11 is 14.6. The number of rotatable bonds is 10. The van der Waals surface area contributed by atoms with Crippen LogP contribution >= 0.6 is 63.7 Å². The first kappa shape index (κ1) is 27.1. The number of hydrogen-bond donors (Lipinski definition) is 2. The molecule has 0 saturated carbocycles. The Balaban J connectivity index is 2.38. The smallest absolute Gasteiger partial charge is 0.150 e. The maximum atomic E-state index is 6.07. The third-order valence-electron chi connectivity index (χ3n) is 5.12. The Hall–Kier alpha value is -0.120. The van der Waals surface area contributed by atoms with Gasteiger partial charge in [0.25, 0.3) is 0 Å². The van der Waals surface area contributed by atoms with Crippen molar-refractivity contribution in [1.82, 2.24) is 0 Å². The minimum atomic E-state index is -0.338. The van der Waals surface area contributed by atoms with E-state index in [1.54, 1.807) is 0 Å². The van der Waals surface area contributed by atoms with Crippen molar-refractivity contribution in [2.75, 3.05) is 0 Å². The van der Waals surface area contributed by atoms with Gasteiger partial charge in [-0.2, -0.15) is 0 Å². The van der Waals surface area contributed by atoms with Gasteiger partial charge in [-0.25, -0.2) is 0 Å². The molecule has 0 bridgehead atoms. The molecule has 2 atom stereocenters. The van der Waals surface area contributed by atoms with Crippen LogP contribution in [-0.2, 0) is 5.41 Å². The lowest BCUT2D eigenvalue weighted by atomic mass is 9.78. The summed E-state index contributed by atoms with van der Waals surface area (Å²) in [5.41, 5.74) is 14.1. The van der Waals surface area contributed by atoms with Crippen LogP contribution in [-0.4, -0.2) is 12.5 Å². The Morgan fingerprint density at radius 2 is 1.00 bits per heavy atom. The summed E-state index contributed by atoms with van der Waals surface area (Å²) in [5.74, 6) is 1.44. The molecule has 4 N–H and O–H groups in total. The van der Waals surface area contributed by atoms with Gasteiger partial charge < -0.3 is 9.47 Å². The average molecular weight is 686 g/mol. The average Bonchev–Trinajstić information content (AvgIpc) is 2.67. The molecule has 172 valence electrons. The van der Waals surface area contributed by atoms with Gasteiger partial charge >= 0.3 is 0 Å². The summed E-state index contributed by atoms with van der Waals surface area (Å²) in [4.78, 5) is 0. The van der Waals surface area contributed by atoms with Gasteiger partial charge in [-0.1, -0.05) is 40.5 Å². The molecule has 0 radical (unpaired) electrons. The second kappa shape index (κ2) is 11.8. The van der Waals surface area contributed by atoms with Gasteiger partial charge in [-0.3, -0.25) is 11.5 Å². The van der Waals surface area contributed by atoms with Crippen molar-refractivity contribution in [2.24, 2.45) is 11.5 Å². The first-order chi connectivity index (χ1) is 14.5. The molecule has 2 unspecified atom stereocenters. The van der Waals surface area contributed by atoms with E-state index in [1.807, 2.05) is 0 Å². The van der Waals surface area contributed by atoms with Gasteiger partial charge in [0.15, 0.2) is 0 Å². The first-order valence-electron chi connectivity index (χ1n) is 10.3. The molecule has 31 heavy (non-hydrogen) atoms. The Bertz CT molecular complexity index is 788. The Morgan fingerprint density at radius 1 is 0.710 bits per heavy atom. The lowest BCUT2D eigenvalue weighted by Gasteiger charge is -2.29. The summed E-state index contributed by atoms with van der Waals surface area (Å²) in [6, 6.07) is 8.34. The highest BCUT2D eigenvalue weighted by Gasteiger charge is 2.28. The second-order valence-corrected chi connectivity index (χ2v) is 11.5. The highest BCUT2D eigenvalue weighted by molar-refractivity contribution is 9.11. The second-order valence-electron chi connectivity index (χ2n) is 8.05. The lowest BCUT2D eigenvalue weighted by Crippen LogP contribution is -2.27. The quantitative estimate of drug-likeness (QED) is 0.249. The summed E-state index contributed by atoms with van der Waals surface area (Å²) in [6.07, 6.45) is 2.85. The van der Waals surface area contributed by atoms with Crippen molar-refractivity contribution in [2.45, 2.75) is 71.2 Å². The van der Waals surface area contributed by atoms with Crippen LogP contribution in [0.4, 0.5) is 0 Å². The molecule has 0 aliphatic carbocycles. The molecule has 0 aromatic heterocycles. The van der Waals surface area contributed by atoms with Crippen LogP contribution in [0.15, 0.2) is 42.2 Å². The predicted octanol–water partition coefficient (Wildman–Crippen LogP) is 7.99. The molecule has 0 heterocycles. The molecule has 2 aromatic carbocycles. The molecule has 2 rings (SSSR count). The zero-order valence-electron chi connectivity index (χ0n) is 18.3. The largest absolute Gasteiger partial charge is 0.473 e. The Kier molecular flexibility index (Phi) is 10.4. The van der Waals surface area contributed by atoms with Crippen molar-refractivity contribution in [3.63, 3.8) is 0 Å². The standard InChI is InChI=1S/C23H30Br4N2O2/c1-5-7-19(28)30-21-15(24)9-13(10-16(21)25)23(3,4)14-11-17(26)22(18(27)12-14)31-20(29)8-6-2/h9-12,19-20H,5-8,28-29H2,1-4H3. The summed E-state index contributed by atoms with van der Waals surface area (Å²) < 4.78 is 15.3. The molecule has 0 spiro atoms. The van der Waals surface area contributed by atoms with Crippen LogP contribution in [0, 0.1) is 0 Å². The third kappa shape index (κ3) is 6.93. The van der Waals surface area contributed by atoms with E-state index in [4.69, 9.17) is 20.9 Å². The third-order valence-corrected chi connectivity index (χ3v) is 7.48. The van der Waals surface area contributed by atoms with Crippen molar-refractivity contribution in [3.05, 3.63) is 53.3 Å². The van der Waals surface area contributed by atoms with Crippen LogP contribution in [0.1, 0.15) is 64.5 Å². The van der Waals surface area contributed by atoms with E-state index in [1.165, 1.54) is 0 Å². The minimum absolute atomic E-state index is 0.287. The topological polar surface area (TPSA) is 70.5 Å². The van der Waals surface area contributed by atoms with E-state index in [0.29, 0.717) is 0 Å². The molecule has 0 fully saturated rings. The molecule has 0 saturated heterocycles. The maximum Gasteiger partial charge on any atom is 0.150 e. The van der Waals surface area contributed by atoms with Gasteiger partial charge in [0.05, 0.1) is 17.9 Å². The molecule has 4 nitrogen and oxygen atoms in total. The first-order valence-corrected chi connectivity index (χ1v) is 13.5. The van der Waals surface area contributed by atoms with E-state index < -0.39 is 0 Å². The zero-order chi connectivity index (χ0) is 23.3. The predicted molar refractivity (Wildman–Crippen MR) is 143 cm³/mol. The Morgan fingerprint density at radius 3 is 1.26 bits per heavy atom. The molecule has 0 aliphatic rings. The Labute approximate surface area is 219 Å². The number of benzene rings is 2. The summed E-state index contributed by atoms with van der Waals surface area (Å²) in [7, 11) is 0. The van der Waals surface area contributed by atoms with Crippen LogP contribution in [0.3, 0.4) is 0 Å². The van der Waals surface area contributed by atoms with Gasteiger partial charge in [0.2, 0.25) is 0 Å². The summed E-state index contributed by atoms with van der Waals surface area (Å²) in [5, 5.41) is 0. The van der Waals surface area contributed by atoms with Crippen molar-refractivity contribution >= 4 is 63.7 Å². The molecule has 8 heteroatoms. The number of ether oxygens (including phenoxy) is 2. The van der Waals surface area contributed by atoms with Crippen molar-refractivity contribution in [3.8, 4) is 11.5 Å². The minimum Gasteiger partial charge on any atom is -0.473 e. The monoisotopic (exact) mass is 682 g/mol. The highest BCUT2D eigenvalue weighted by atomic mass is 79.9. The van der Waals surface area contributed by atoms with Gasteiger partial charge in [-0.05, 0) is 112 Å². The number of hydrogen-bond acceptors (Lipinski definition) is 4. The zero-order valence-corrected chi connectivity index (χ0v) is 24.6. The van der Waals surface area contributed by atoms with E-state index in [0.717, 1.165) is 66.2 Å². The van der Waals surface area contributed by atoms with E-state index in [-0.39, 0.29) is 17.9 Å². The van der Waals surface area contributed by atoms with Crippen LogP contribution < -0.4 is 20.9 Å². The number of nitrogens with two attached hydrogens (primary N) is 2. The molecule has 2 aromatic rings. The van der Waals surface area contributed by atoms with Crippen LogP contribution in [0.2, 0.25) is 0 Å². The van der Waals surface area contributed by atoms with Gasteiger partial charge in [0.1, 0.15) is 24.0 Å². The molecule has 0 aliphatic heterocycles. The molecule has 0 amide bonds. The normalized spacial score (nSPS) is 13.7. The highest BCUT2D eigenvalue weighted by Crippen LogP contribution is 2.44. The van der Waals surface area contributed by atoms with Crippen LogP contribution in [0.25, 0.3) is 0 Å². The summed E-state index contributed by atoms with van der Waals surface area (Å²) in [6.45, 7) is 8.54. The maximum absolute atomic E-state index is 6.07. The van der Waals surface area contributed by atoms with Gasteiger partial charge in [0, 0.05) is 5.41 Å². The fourth-order valence-electron chi connectivity index (χ4n) is 3.22. The van der Waals surface area contributed by atoms with E-state index in [2.05, 4.69) is 116 Å². The van der Waals surface area contributed by atoms with E-state index in [9.17, 15) is 0 Å². The lowest BCUT2D eigenvalue weighted by molar-refractivity contribution is 0.195. The fraction of sp³-hybridized carbons (Fsp3) is 0.478. The molecular weight excluding hydrogens is 656 g/mol. The molecular formula is C23H30Br4N2O2. The SMILES string of the molecule is CCCC(N)Oc1c(Br)cc(C(C)(C)c2cc(Br)c(OC(N)CCC)c(Br)c2)cc1Br. The van der Waals surface area contributed by atoms with E-state index >= 15 is 0 Å². The van der Waals surface area contributed by atoms with Crippen molar-refractivity contribution in [1.29, 1.82) is 0 Å².